The molecule has 1 heterocycles. The first-order valence-corrected chi connectivity index (χ1v) is 4.83. The van der Waals surface area contributed by atoms with Gasteiger partial charge >= 0.3 is 0 Å². The van der Waals surface area contributed by atoms with Crippen molar-refractivity contribution in [3.63, 3.8) is 0 Å². The molecule has 0 aromatic rings. The Hall–Kier alpha value is -0.0151. The summed E-state index contributed by atoms with van der Waals surface area (Å²) in [4.78, 5) is 4.26. The van der Waals surface area contributed by atoms with Crippen molar-refractivity contribution in [1.82, 2.24) is 9.71 Å². The molecular formula is C9H21BN2. The molecule has 70 valence electrons. The van der Waals surface area contributed by atoms with Gasteiger partial charge in [0.05, 0.1) is 0 Å². The third-order valence-corrected chi connectivity index (χ3v) is 2.39. The minimum atomic E-state index is 0.591. The summed E-state index contributed by atoms with van der Waals surface area (Å²) in [6.45, 7) is 10.4. The highest BCUT2D eigenvalue weighted by Crippen LogP contribution is 2.10. The van der Waals surface area contributed by atoms with Crippen LogP contribution in [0, 0.1) is 0 Å². The average Bonchev–Trinajstić information content (AvgIpc) is 2.04. The van der Waals surface area contributed by atoms with Gasteiger partial charge in [-0.15, -0.1) is 0 Å². The first-order valence-electron chi connectivity index (χ1n) is 4.83. The average molecular weight is 168 g/mol. The molecule has 0 aromatic heterocycles. The Balaban J connectivity index is 0.000000561. The molecular weight excluding hydrogens is 147 g/mol. The summed E-state index contributed by atoms with van der Waals surface area (Å²) in [5, 5.41) is 0. The van der Waals surface area contributed by atoms with Gasteiger partial charge in [-0.3, -0.25) is 4.90 Å². The smallest absolute Gasteiger partial charge is 0.182 e. The molecule has 0 saturated carbocycles. The predicted octanol–water partition coefficient (Wildman–Crippen LogP) is 1.12. The van der Waals surface area contributed by atoms with Crippen LogP contribution in [0.5, 0.6) is 0 Å². The van der Waals surface area contributed by atoms with Crippen LogP contribution in [0.25, 0.3) is 0 Å². The largest absolute Gasteiger partial charge is 0.351 e. The normalized spacial score (nSPS) is 32.4. The van der Waals surface area contributed by atoms with Crippen molar-refractivity contribution in [3.8, 4) is 0 Å². The van der Waals surface area contributed by atoms with E-state index in [1.54, 1.807) is 0 Å². The fourth-order valence-corrected chi connectivity index (χ4v) is 1.45. The SMILES string of the molecule is CC.[B]N1CC(C)N(C)C(C)C1. The fourth-order valence-electron chi connectivity index (χ4n) is 1.45. The summed E-state index contributed by atoms with van der Waals surface area (Å²) in [6, 6.07) is 1.18. The summed E-state index contributed by atoms with van der Waals surface area (Å²) < 4.78 is 0. The van der Waals surface area contributed by atoms with E-state index in [0.29, 0.717) is 12.1 Å². The van der Waals surface area contributed by atoms with Gasteiger partial charge in [-0.05, 0) is 20.9 Å². The van der Waals surface area contributed by atoms with Crippen molar-refractivity contribution in [3.05, 3.63) is 0 Å². The monoisotopic (exact) mass is 168 g/mol. The zero-order chi connectivity index (χ0) is 9.72. The molecule has 0 bridgehead atoms. The van der Waals surface area contributed by atoms with Crippen molar-refractivity contribution in [2.24, 2.45) is 0 Å². The van der Waals surface area contributed by atoms with E-state index in [1.165, 1.54) is 0 Å². The number of rotatable bonds is 0. The maximum absolute atomic E-state index is 5.68. The molecule has 12 heavy (non-hydrogen) atoms. The first-order chi connectivity index (χ1) is 5.61. The molecule has 1 aliphatic heterocycles. The van der Waals surface area contributed by atoms with Crippen LogP contribution >= 0.6 is 0 Å². The summed E-state index contributed by atoms with van der Waals surface area (Å²) in [6.07, 6.45) is 0. The Bertz CT molecular complexity index is 107. The fraction of sp³-hybridized carbons (Fsp3) is 1.00. The van der Waals surface area contributed by atoms with E-state index in [-0.39, 0.29) is 0 Å². The molecule has 1 fully saturated rings. The van der Waals surface area contributed by atoms with Crippen LogP contribution in [0.1, 0.15) is 27.7 Å². The van der Waals surface area contributed by atoms with E-state index in [2.05, 4.69) is 25.8 Å². The molecule has 0 aromatic carbocycles. The Labute approximate surface area is 78.4 Å². The van der Waals surface area contributed by atoms with Crippen molar-refractivity contribution >= 4 is 7.98 Å². The number of piperazine rings is 1. The van der Waals surface area contributed by atoms with Gasteiger partial charge in [-0.2, -0.15) is 0 Å². The first kappa shape index (κ1) is 12.0. The second-order valence-corrected chi connectivity index (χ2v) is 3.32. The molecule has 2 radical (unpaired) electrons. The van der Waals surface area contributed by atoms with E-state index >= 15 is 0 Å². The Morgan fingerprint density at radius 2 is 1.42 bits per heavy atom. The lowest BCUT2D eigenvalue weighted by molar-refractivity contribution is 0.107. The Kier molecular flexibility index (Phi) is 5.59. The summed E-state index contributed by atoms with van der Waals surface area (Å²) >= 11 is 0. The third-order valence-electron chi connectivity index (χ3n) is 2.39. The second-order valence-electron chi connectivity index (χ2n) is 3.32. The molecule has 1 aliphatic rings. The molecule has 3 heteroatoms. The summed E-state index contributed by atoms with van der Waals surface area (Å²) in [7, 11) is 7.84. The standard InChI is InChI=1S/C7H15BN2.C2H6/c1-6-4-10(8)5-7(2)9(6)3;1-2/h6-7H,4-5H2,1-3H3;1-2H3. The van der Waals surface area contributed by atoms with E-state index in [1.807, 2.05) is 18.7 Å². The van der Waals surface area contributed by atoms with Crippen molar-refractivity contribution in [2.45, 2.75) is 39.8 Å². The summed E-state index contributed by atoms with van der Waals surface area (Å²) in [5.74, 6) is 0. The number of hydrogen-bond acceptors (Lipinski definition) is 2. The molecule has 0 amide bonds. The van der Waals surface area contributed by atoms with Crippen LogP contribution in [0.4, 0.5) is 0 Å². The maximum atomic E-state index is 5.68. The van der Waals surface area contributed by atoms with Crippen molar-refractivity contribution in [2.75, 3.05) is 20.1 Å². The van der Waals surface area contributed by atoms with E-state index in [4.69, 9.17) is 7.98 Å². The highest BCUT2D eigenvalue weighted by molar-refractivity contribution is 6.04. The van der Waals surface area contributed by atoms with E-state index in [9.17, 15) is 0 Å². The van der Waals surface area contributed by atoms with E-state index in [0.717, 1.165) is 13.1 Å². The van der Waals surface area contributed by atoms with Crippen LogP contribution in [-0.4, -0.2) is 49.9 Å². The quantitative estimate of drug-likeness (QED) is 0.500. The van der Waals surface area contributed by atoms with Gasteiger partial charge in [0.1, 0.15) is 0 Å². The maximum Gasteiger partial charge on any atom is 0.182 e. The van der Waals surface area contributed by atoms with Crippen LogP contribution in [0.2, 0.25) is 0 Å². The molecule has 0 N–H and O–H groups in total. The second kappa shape index (κ2) is 5.60. The molecule has 0 spiro atoms. The molecule has 2 nitrogen and oxygen atoms in total. The van der Waals surface area contributed by atoms with Gasteiger partial charge in [-0.1, -0.05) is 13.8 Å². The number of nitrogens with zero attached hydrogens (tertiary/aromatic N) is 2. The minimum Gasteiger partial charge on any atom is -0.351 e. The molecule has 1 rings (SSSR count). The summed E-state index contributed by atoms with van der Waals surface area (Å²) in [5.41, 5.74) is 0. The van der Waals surface area contributed by atoms with Crippen LogP contribution in [0.3, 0.4) is 0 Å². The minimum absolute atomic E-state index is 0.591. The zero-order valence-electron chi connectivity index (χ0n) is 9.04. The highest BCUT2D eigenvalue weighted by atomic mass is 15.3. The Morgan fingerprint density at radius 3 is 1.75 bits per heavy atom. The molecule has 2 atom stereocenters. The number of likely N-dealkylation sites (N-methyl/N-ethyl adjacent to an activating group) is 1. The van der Waals surface area contributed by atoms with Gasteiger partial charge in [0.2, 0.25) is 0 Å². The van der Waals surface area contributed by atoms with Crippen molar-refractivity contribution < 1.29 is 0 Å². The van der Waals surface area contributed by atoms with Gasteiger partial charge in [-0.25, -0.2) is 0 Å². The van der Waals surface area contributed by atoms with Gasteiger partial charge in [0.25, 0.3) is 0 Å². The third kappa shape index (κ3) is 3.15. The van der Waals surface area contributed by atoms with Gasteiger partial charge < -0.3 is 4.81 Å². The molecule has 1 saturated heterocycles. The molecule has 0 aliphatic carbocycles. The zero-order valence-corrected chi connectivity index (χ0v) is 9.04. The van der Waals surface area contributed by atoms with E-state index < -0.39 is 0 Å². The lowest BCUT2D eigenvalue weighted by atomic mass is 10.1. The van der Waals surface area contributed by atoms with Crippen LogP contribution < -0.4 is 0 Å². The predicted molar refractivity (Wildman–Crippen MR) is 55.4 cm³/mol. The number of hydrogen-bond donors (Lipinski definition) is 0. The van der Waals surface area contributed by atoms with Crippen molar-refractivity contribution in [1.29, 1.82) is 0 Å². The lowest BCUT2D eigenvalue weighted by Crippen LogP contribution is -2.53. The van der Waals surface area contributed by atoms with Crippen LogP contribution in [0.15, 0.2) is 0 Å². The Morgan fingerprint density at radius 1 is 1.08 bits per heavy atom. The lowest BCUT2D eigenvalue weighted by Gasteiger charge is -2.41. The van der Waals surface area contributed by atoms with Gasteiger partial charge in [0.15, 0.2) is 7.98 Å². The molecule has 2 unspecified atom stereocenters. The highest BCUT2D eigenvalue weighted by Gasteiger charge is 2.23. The van der Waals surface area contributed by atoms with Crippen LogP contribution in [-0.2, 0) is 0 Å². The topological polar surface area (TPSA) is 6.48 Å². The van der Waals surface area contributed by atoms with Gasteiger partial charge in [0, 0.05) is 25.2 Å².